The van der Waals surface area contributed by atoms with Crippen LogP contribution in [0.5, 0.6) is 0 Å². The van der Waals surface area contributed by atoms with Gasteiger partial charge in [-0.2, -0.15) is 0 Å². The third kappa shape index (κ3) is 11.6. The van der Waals surface area contributed by atoms with Gasteiger partial charge in [-0.05, 0) is 28.7 Å². The Morgan fingerprint density at radius 1 is 0.625 bits per heavy atom. The maximum Gasteiger partial charge on any atom is 0.407 e. The van der Waals surface area contributed by atoms with E-state index in [2.05, 4.69) is 29.6 Å². The summed E-state index contributed by atoms with van der Waals surface area (Å²) in [6.45, 7) is 7.04. The van der Waals surface area contributed by atoms with Crippen LogP contribution in [0, 0.1) is 0 Å². The summed E-state index contributed by atoms with van der Waals surface area (Å²) >= 11 is 0. The minimum Gasteiger partial charge on any atom is -0.463 e. The van der Waals surface area contributed by atoms with E-state index in [1.165, 1.54) is 29.2 Å². The first kappa shape index (κ1) is 31.5. The van der Waals surface area contributed by atoms with Crippen molar-refractivity contribution in [1.29, 1.82) is 0 Å². The van der Waals surface area contributed by atoms with Gasteiger partial charge in [0.25, 0.3) is 0 Å². The number of rotatable bonds is 21. The Kier molecular flexibility index (Phi) is 15.1. The minimum atomic E-state index is -0.417. The molecule has 1 aliphatic carbocycles. The predicted molar refractivity (Wildman–Crippen MR) is 148 cm³/mol. The largest absolute Gasteiger partial charge is 0.463 e. The summed E-state index contributed by atoms with van der Waals surface area (Å²) in [6.07, 6.45) is 0.269. The van der Waals surface area contributed by atoms with E-state index in [0.717, 1.165) is 0 Å². The van der Waals surface area contributed by atoms with E-state index >= 15 is 0 Å². The zero-order valence-corrected chi connectivity index (χ0v) is 23.3. The van der Waals surface area contributed by atoms with Gasteiger partial charge < -0.3 is 38.5 Å². The highest BCUT2D eigenvalue weighted by molar-refractivity contribution is 5.79. The molecule has 2 aromatic carbocycles. The lowest BCUT2D eigenvalue weighted by atomic mass is 9.98. The summed E-state index contributed by atoms with van der Waals surface area (Å²) in [4.78, 5) is 22.8. The second-order valence-electron chi connectivity index (χ2n) is 9.01. The van der Waals surface area contributed by atoms with Crippen LogP contribution in [0.3, 0.4) is 0 Å². The van der Waals surface area contributed by atoms with Crippen molar-refractivity contribution in [3.63, 3.8) is 0 Å². The molecular weight excluding hydrogens is 518 g/mol. The third-order valence-electron chi connectivity index (χ3n) is 6.10. The standard InChI is InChI=1S/C30H41NO9/c1-24(32)39-22-21-38-20-19-37-18-17-36-16-15-35-14-13-34-12-6-11-31-30(33)40-23-29-27-9-4-2-7-25(27)26-8-3-5-10-28(26)29/h2-5,7-10,29H,6,11-23H2,1H3,(H,31,33). The van der Waals surface area contributed by atoms with Crippen molar-refractivity contribution >= 4 is 12.1 Å². The van der Waals surface area contributed by atoms with Gasteiger partial charge in [0.2, 0.25) is 0 Å². The van der Waals surface area contributed by atoms with E-state index in [1.807, 2.05) is 24.3 Å². The highest BCUT2D eigenvalue weighted by atomic mass is 16.6. The molecule has 0 spiro atoms. The van der Waals surface area contributed by atoms with Gasteiger partial charge in [-0.3, -0.25) is 4.79 Å². The van der Waals surface area contributed by atoms with E-state index in [0.29, 0.717) is 85.6 Å². The zero-order valence-electron chi connectivity index (χ0n) is 23.3. The normalized spacial score (nSPS) is 12.1. The van der Waals surface area contributed by atoms with Crippen molar-refractivity contribution in [2.24, 2.45) is 0 Å². The molecule has 3 rings (SSSR count). The van der Waals surface area contributed by atoms with Crippen LogP contribution >= 0.6 is 0 Å². The van der Waals surface area contributed by atoms with E-state index in [1.54, 1.807) is 0 Å². The number of hydrogen-bond donors (Lipinski definition) is 1. The number of ether oxygens (including phenoxy) is 7. The molecule has 0 saturated carbocycles. The van der Waals surface area contributed by atoms with Gasteiger partial charge in [-0.25, -0.2) is 4.79 Å². The van der Waals surface area contributed by atoms with Gasteiger partial charge in [0.05, 0.1) is 59.5 Å². The Morgan fingerprint density at radius 3 is 1.57 bits per heavy atom. The molecular formula is C30H41NO9. The summed E-state index contributed by atoms with van der Waals surface area (Å²) in [5.74, 6) is -0.261. The number of amides is 1. The highest BCUT2D eigenvalue weighted by Crippen LogP contribution is 2.44. The molecule has 0 radical (unpaired) electrons. The summed E-state index contributed by atoms with van der Waals surface area (Å²) in [5.41, 5.74) is 4.81. The zero-order chi connectivity index (χ0) is 28.3. The van der Waals surface area contributed by atoms with Crippen LogP contribution in [-0.4, -0.2) is 97.9 Å². The average molecular weight is 560 g/mol. The molecule has 0 atom stereocenters. The van der Waals surface area contributed by atoms with E-state index in [-0.39, 0.29) is 18.5 Å². The second kappa shape index (κ2) is 19.1. The lowest BCUT2D eigenvalue weighted by Gasteiger charge is -2.14. The molecule has 0 unspecified atom stereocenters. The average Bonchev–Trinajstić information content (AvgIpc) is 3.28. The molecule has 40 heavy (non-hydrogen) atoms. The van der Waals surface area contributed by atoms with Crippen LogP contribution < -0.4 is 5.32 Å². The molecule has 10 heteroatoms. The Hall–Kier alpha value is -3.02. The summed E-state index contributed by atoms with van der Waals surface area (Å²) in [6, 6.07) is 16.5. The van der Waals surface area contributed by atoms with Crippen molar-refractivity contribution in [3.8, 4) is 11.1 Å². The molecule has 1 N–H and O–H groups in total. The number of esters is 1. The first-order valence-electron chi connectivity index (χ1n) is 13.8. The van der Waals surface area contributed by atoms with Crippen LogP contribution in [0.25, 0.3) is 11.1 Å². The van der Waals surface area contributed by atoms with Gasteiger partial charge >= 0.3 is 12.1 Å². The number of benzene rings is 2. The molecule has 2 aromatic rings. The Bertz CT molecular complexity index is 971. The topological polar surface area (TPSA) is 111 Å². The number of carbonyl (C=O) groups is 2. The van der Waals surface area contributed by atoms with Crippen LogP contribution in [0.2, 0.25) is 0 Å². The fraction of sp³-hybridized carbons (Fsp3) is 0.533. The highest BCUT2D eigenvalue weighted by Gasteiger charge is 2.28. The molecule has 0 fully saturated rings. The van der Waals surface area contributed by atoms with Crippen molar-refractivity contribution in [1.82, 2.24) is 5.32 Å². The minimum absolute atomic E-state index is 0.0529. The molecule has 1 aliphatic rings. The van der Waals surface area contributed by atoms with Crippen molar-refractivity contribution < 1.29 is 42.7 Å². The van der Waals surface area contributed by atoms with Crippen LogP contribution in [0.4, 0.5) is 4.79 Å². The molecule has 220 valence electrons. The number of hydrogen-bond acceptors (Lipinski definition) is 9. The van der Waals surface area contributed by atoms with Crippen molar-refractivity contribution in [2.45, 2.75) is 19.3 Å². The number of nitrogens with one attached hydrogen (secondary N) is 1. The van der Waals surface area contributed by atoms with Crippen molar-refractivity contribution in [2.75, 3.05) is 85.8 Å². The van der Waals surface area contributed by atoms with Crippen LogP contribution in [0.15, 0.2) is 48.5 Å². The number of carbonyl (C=O) groups excluding carboxylic acids is 2. The van der Waals surface area contributed by atoms with Crippen molar-refractivity contribution in [3.05, 3.63) is 59.7 Å². The molecule has 0 aliphatic heterocycles. The Labute approximate surface area is 236 Å². The monoisotopic (exact) mass is 559 g/mol. The lowest BCUT2D eigenvalue weighted by Crippen LogP contribution is -2.27. The van der Waals surface area contributed by atoms with Gasteiger partial charge in [0.15, 0.2) is 0 Å². The van der Waals surface area contributed by atoms with Gasteiger partial charge in [-0.15, -0.1) is 0 Å². The first-order valence-corrected chi connectivity index (χ1v) is 13.8. The Morgan fingerprint density at radius 2 is 1.07 bits per heavy atom. The molecule has 0 aromatic heterocycles. The second-order valence-corrected chi connectivity index (χ2v) is 9.01. The first-order chi connectivity index (χ1) is 19.7. The molecule has 0 bridgehead atoms. The summed E-state index contributed by atoms with van der Waals surface area (Å²) in [5, 5.41) is 2.79. The maximum atomic E-state index is 12.2. The van der Waals surface area contributed by atoms with Gasteiger partial charge in [0, 0.05) is 26.0 Å². The smallest absolute Gasteiger partial charge is 0.407 e. The fourth-order valence-corrected chi connectivity index (χ4v) is 4.24. The fourth-order valence-electron chi connectivity index (χ4n) is 4.24. The molecule has 1 amide bonds. The van der Waals surface area contributed by atoms with E-state index in [9.17, 15) is 9.59 Å². The van der Waals surface area contributed by atoms with Crippen LogP contribution in [-0.2, 0) is 38.0 Å². The molecule has 0 saturated heterocycles. The molecule has 0 heterocycles. The van der Waals surface area contributed by atoms with E-state index < -0.39 is 6.09 Å². The number of alkyl carbamates (subject to hydrolysis) is 1. The Balaban J connectivity index is 1.08. The quantitative estimate of drug-likeness (QED) is 0.181. The van der Waals surface area contributed by atoms with Gasteiger partial charge in [0.1, 0.15) is 13.2 Å². The third-order valence-corrected chi connectivity index (χ3v) is 6.10. The summed E-state index contributed by atoms with van der Waals surface area (Å²) in [7, 11) is 0. The number of fused-ring (bicyclic) bond motifs is 3. The SMILES string of the molecule is CC(=O)OCCOCCOCCOCCOCCOCCCNC(=O)OCC1c2ccccc2-c2ccccc21. The van der Waals surface area contributed by atoms with E-state index in [4.69, 9.17) is 33.2 Å². The lowest BCUT2D eigenvalue weighted by molar-refractivity contribution is -0.142. The van der Waals surface area contributed by atoms with Crippen LogP contribution in [0.1, 0.15) is 30.4 Å². The summed E-state index contributed by atoms with van der Waals surface area (Å²) < 4.78 is 37.4. The van der Waals surface area contributed by atoms with Gasteiger partial charge in [-0.1, -0.05) is 48.5 Å². The maximum absolute atomic E-state index is 12.2. The predicted octanol–water partition coefficient (Wildman–Crippen LogP) is 3.56. The molecule has 10 nitrogen and oxygen atoms in total.